The number of aliphatic hydroxyl groups is 2. The molecule has 1 aromatic heterocycles. The van der Waals surface area contributed by atoms with Gasteiger partial charge in [0, 0.05) is 21.5 Å². The van der Waals surface area contributed by atoms with Crippen molar-refractivity contribution in [2.45, 2.75) is 11.8 Å². The molecule has 0 radical (unpaired) electrons. The molecule has 2 N–H and O–H groups in total. The summed E-state index contributed by atoms with van der Waals surface area (Å²) in [6.45, 7) is -0.274. The summed E-state index contributed by atoms with van der Waals surface area (Å²) in [5, 5.41) is 20.0. The van der Waals surface area contributed by atoms with Crippen LogP contribution in [0.4, 0.5) is 0 Å². The largest absolute Gasteiger partial charge is 0.395 e. The maximum atomic E-state index is 9.70. The van der Waals surface area contributed by atoms with Crippen LogP contribution in [0.2, 0.25) is 5.02 Å². The Kier molecular flexibility index (Phi) is 4.35. The summed E-state index contributed by atoms with van der Waals surface area (Å²) >= 11 is 7.49. The molecule has 0 aliphatic rings. The van der Waals surface area contributed by atoms with E-state index in [1.807, 2.05) is 12.1 Å². The van der Waals surface area contributed by atoms with E-state index in [2.05, 4.69) is 4.98 Å². The highest BCUT2D eigenvalue weighted by Crippen LogP contribution is 2.30. The van der Waals surface area contributed by atoms with Crippen molar-refractivity contribution in [3.05, 3.63) is 51.4 Å². The van der Waals surface area contributed by atoms with Gasteiger partial charge in [-0.25, -0.2) is 0 Å². The lowest BCUT2D eigenvalue weighted by Crippen LogP contribution is -2.37. The number of thiazole rings is 1. The van der Waals surface area contributed by atoms with Gasteiger partial charge >= 0.3 is 0 Å². The molecule has 0 spiro atoms. The van der Waals surface area contributed by atoms with Gasteiger partial charge in [-0.05, 0) is 24.1 Å². The van der Waals surface area contributed by atoms with Gasteiger partial charge in [0.1, 0.15) is 0 Å². The van der Waals surface area contributed by atoms with Crippen molar-refractivity contribution in [2.75, 3.05) is 13.2 Å². The first-order chi connectivity index (χ1) is 8.70. The van der Waals surface area contributed by atoms with E-state index in [9.17, 15) is 10.2 Å². The summed E-state index contributed by atoms with van der Waals surface area (Å²) in [7, 11) is 0. The van der Waals surface area contributed by atoms with Gasteiger partial charge in [-0.2, -0.15) is 0 Å². The Morgan fingerprint density at radius 2 is 2.06 bits per heavy atom. The maximum absolute atomic E-state index is 9.70. The minimum atomic E-state index is -0.711. The predicted molar refractivity (Wildman–Crippen MR) is 73.1 cm³/mol. The lowest BCUT2D eigenvalue weighted by molar-refractivity contribution is 0.117. The van der Waals surface area contributed by atoms with E-state index >= 15 is 0 Å². The number of hydrogen-bond acceptors (Lipinski definition) is 4. The van der Waals surface area contributed by atoms with Gasteiger partial charge in [0.25, 0.3) is 0 Å². The summed E-state index contributed by atoms with van der Waals surface area (Å²) in [5.74, 6) is 0. The average Bonchev–Trinajstić information content (AvgIpc) is 2.89. The van der Waals surface area contributed by atoms with Gasteiger partial charge in [0.2, 0.25) is 0 Å². The Morgan fingerprint density at radius 3 is 2.61 bits per heavy atom. The van der Waals surface area contributed by atoms with E-state index in [4.69, 9.17) is 11.6 Å². The fraction of sp³-hybridized carbons (Fsp3) is 0.308. The third-order valence-corrected chi connectivity index (χ3v) is 4.05. The molecule has 1 heterocycles. The van der Waals surface area contributed by atoms with Crippen molar-refractivity contribution in [2.24, 2.45) is 0 Å². The van der Waals surface area contributed by atoms with Gasteiger partial charge in [-0.1, -0.05) is 23.7 Å². The molecule has 2 rings (SSSR count). The normalized spacial score (nSPS) is 11.7. The van der Waals surface area contributed by atoms with Crippen LogP contribution >= 0.6 is 22.9 Å². The van der Waals surface area contributed by atoms with E-state index in [0.717, 1.165) is 10.4 Å². The number of nitrogens with zero attached hydrogens (tertiary/aromatic N) is 1. The highest BCUT2D eigenvalue weighted by Gasteiger charge is 2.32. The van der Waals surface area contributed by atoms with Gasteiger partial charge in [0.15, 0.2) is 0 Å². The van der Waals surface area contributed by atoms with Crippen LogP contribution in [0.15, 0.2) is 36.0 Å². The Bertz CT molecular complexity index is 497. The van der Waals surface area contributed by atoms with Crippen molar-refractivity contribution in [3.63, 3.8) is 0 Å². The summed E-state index contributed by atoms with van der Waals surface area (Å²) in [4.78, 5) is 5.04. The lowest BCUT2D eigenvalue weighted by atomic mass is 9.78. The summed E-state index contributed by atoms with van der Waals surface area (Å²) in [6, 6.07) is 7.26. The molecule has 96 valence electrons. The second-order valence-corrected chi connectivity index (χ2v) is 5.66. The molecule has 1 aromatic carbocycles. The van der Waals surface area contributed by atoms with E-state index in [1.165, 1.54) is 11.3 Å². The second-order valence-electron chi connectivity index (χ2n) is 4.25. The van der Waals surface area contributed by atoms with Crippen LogP contribution in [-0.2, 0) is 11.8 Å². The Balaban J connectivity index is 2.37. The van der Waals surface area contributed by atoms with Crippen molar-refractivity contribution >= 4 is 22.9 Å². The molecular weight excluding hydrogens is 270 g/mol. The molecule has 0 aliphatic heterocycles. The first-order valence-electron chi connectivity index (χ1n) is 5.55. The van der Waals surface area contributed by atoms with Gasteiger partial charge in [-0.15, -0.1) is 11.3 Å². The third kappa shape index (κ3) is 2.72. The van der Waals surface area contributed by atoms with Gasteiger partial charge in [0.05, 0.1) is 18.7 Å². The van der Waals surface area contributed by atoms with Crippen molar-refractivity contribution < 1.29 is 10.2 Å². The first kappa shape index (κ1) is 13.5. The standard InChI is InChI=1S/C13H14ClNO2S/c14-11-3-1-2-10(4-11)13(7-16,8-17)5-12-6-15-9-18-12/h1-4,6,9,16-17H,5,7-8H2. The van der Waals surface area contributed by atoms with Crippen molar-refractivity contribution in [3.8, 4) is 0 Å². The molecule has 0 saturated carbocycles. The number of halogens is 1. The SMILES string of the molecule is OCC(CO)(Cc1cncs1)c1cccc(Cl)c1. The predicted octanol–water partition coefficient (Wildman–Crippen LogP) is 2.26. The summed E-state index contributed by atoms with van der Waals surface area (Å²) in [5.41, 5.74) is 1.87. The molecule has 0 unspecified atom stereocenters. The first-order valence-corrected chi connectivity index (χ1v) is 6.81. The monoisotopic (exact) mass is 283 g/mol. The molecule has 0 bridgehead atoms. The summed E-state index contributed by atoms with van der Waals surface area (Å²) in [6.07, 6.45) is 2.31. The van der Waals surface area contributed by atoms with Crippen molar-refractivity contribution in [1.29, 1.82) is 0 Å². The lowest BCUT2D eigenvalue weighted by Gasteiger charge is -2.30. The molecule has 0 amide bonds. The number of aromatic nitrogens is 1. The molecular formula is C13H14ClNO2S. The van der Waals surface area contributed by atoms with Crippen LogP contribution in [0.5, 0.6) is 0 Å². The second kappa shape index (κ2) is 5.80. The molecule has 0 atom stereocenters. The Hall–Kier alpha value is -0.940. The Labute approximate surface area is 115 Å². The zero-order valence-electron chi connectivity index (χ0n) is 9.71. The number of rotatable bonds is 5. The minimum Gasteiger partial charge on any atom is -0.395 e. The zero-order valence-corrected chi connectivity index (χ0v) is 11.3. The van der Waals surface area contributed by atoms with Crippen LogP contribution in [0.3, 0.4) is 0 Å². The fourth-order valence-electron chi connectivity index (χ4n) is 1.93. The van der Waals surface area contributed by atoms with E-state index in [-0.39, 0.29) is 13.2 Å². The zero-order chi connectivity index (χ0) is 13.0. The van der Waals surface area contributed by atoms with Gasteiger partial charge in [-0.3, -0.25) is 4.98 Å². The van der Waals surface area contributed by atoms with Crippen molar-refractivity contribution in [1.82, 2.24) is 4.98 Å². The molecule has 3 nitrogen and oxygen atoms in total. The molecule has 0 aliphatic carbocycles. The van der Waals surface area contributed by atoms with Crippen LogP contribution in [-0.4, -0.2) is 28.4 Å². The number of hydrogen-bond donors (Lipinski definition) is 2. The fourth-order valence-corrected chi connectivity index (χ4v) is 2.86. The maximum Gasteiger partial charge on any atom is 0.0794 e. The molecule has 18 heavy (non-hydrogen) atoms. The van der Waals surface area contributed by atoms with Crippen LogP contribution in [0, 0.1) is 0 Å². The number of aliphatic hydroxyl groups excluding tert-OH is 2. The summed E-state index contributed by atoms with van der Waals surface area (Å²) < 4.78 is 0. The van der Waals surface area contributed by atoms with E-state index in [1.54, 1.807) is 23.8 Å². The highest BCUT2D eigenvalue weighted by atomic mass is 35.5. The van der Waals surface area contributed by atoms with Crippen LogP contribution in [0.25, 0.3) is 0 Å². The molecule has 0 fully saturated rings. The quantitative estimate of drug-likeness (QED) is 0.885. The average molecular weight is 284 g/mol. The Morgan fingerprint density at radius 1 is 1.28 bits per heavy atom. The number of benzene rings is 1. The van der Waals surface area contributed by atoms with Crippen LogP contribution in [0.1, 0.15) is 10.4 Å². The third-order valence-electron chi connectivity index (χ3n) is 3.04. The highest BCUT2D eigenvalue weighted by molar-refractivity contribution is 7.09. The minimum absolute atomic E-state index is 0.137. The van der Waals surface area contributed by atoms with Gasteiger partial charge < -0.3 is 10.2 Å². The van der Waals surface area contributed by atoms with E-state index < -0.39 is 5.41 Å². The molecule has 0 saturated heterocycles. The van der Waals surface area contributed by atoms with E-state index in [0.29, 0.717) is 11.4 Å². The topological polar surface area (TPSA) is 53.4 Å². The molecule has 5 heteroatoms. The smallest absolute Gasteiger partial charge is 0.0794 e. The molecule has 2 aromatic rings. The van der Waals surface area contributed by atoms with Crippen LogP contribution < -0.4 is 0 Å².